The number of rotatable bonds is 2. The van der Waals surface area contributed by atoms with Crippen molar-refractivity contribution >= 4 is 0 Å². The van der Waals surface area contributed by atoms with E-state index in [9.17, 15) is 0 Å². The molecule has 34 valence electrons. The molecule has 0 heterocycles. The summed E-state index contributed by atoms with van der Waals surface area (Å²) >= 11 is 0. The van der Waals surface area contributed by atoms with Crippen molar-refractivity contribution in [1.82, 2.24) is 0 Å². The van der Waals surface area contributed by atoms with Crippen LogP contribution in [0.25, 0.3) is 0 Å². The van der Waals surface area contributed by atoms with Crippen molar-refractivity contribution in [1.29, 1.82) is 0 Å². The molecular formula is C5H12LiNa. The molecule has 0 saturated heterocycles. The minimum Gasteiger partial charge on any atom is -1.00 e. The second kappa shape index (κ2) is 15.6. The SMILES string of the molecule is [CH2-]CCCC.[H-].[Li+].[Na+]. The molecule has 0 spiro atoms. The van der Waals surface area contributed by atoms with E-state index < -0.39 is 0 Å². The Hall–Kier alpha value is 1.60. The third-order valence-electron chi connectivity index (χ3n) is 0.604. The van der Waals surface area contributed by atoms with E-state index in [-0.39, 0.29) is 49.8 Å². The first-order valence-corrected chi connectivity index (χ1v) is 2.21. The summed E-state index contributed by atoms with van der Waals surface area (Å²) in [6.07, 6.45) is 3.65. The number of hydrogen-bond acceptors (Lipinski definition) is 0. The van der Waals surface area contributed by atoms with Gasteiger partial charge in [-0.05, 0) is 0 Å². The van der Waals surface area contributed by atoms with Gasteiger partial charge in [-0.15, -0.1) is 0 Å². The summed E-state index contributed by atoms with van der Waals surface area (Å²) in [7, 11) is 0. The average molecular weight is 102 g/mol. The summed E-state index contributed by atoms with van der Waals surface area (Å²) in [5, 5.41) is 0. The fourth-order valence-corrected chi connectivity index (χ4v) is 0.250. The predicted octanol–water partition coefficient (Wildman–Crippen LogP) is -3.87. The zero-order chi connectivity index (χ0) is 4.12. The third kappa shape index (κ3) is 18.4. The zero-order valence-corrected chi connectivity index (χ0v) is 7.83. The Morgan fingerprint density at radius 2 is 2.00 bits per heavy atom. The summed E-state index contributed by atoms with van der Waals surface area (Å²) in [6.45, 7) is 5.85. The van der Waals surface area contributed by atoms with Crippen LogP contribution in [0.4, 0.5) is 0 Å². The van der Waals surface area contributed by atoms with Crippen LogP contribution < -0.4 is 48.4 Å². The number of unbranched alkanes of at least 4 members (excludes halogenated alkanes) is 2. The van der Waals surface area contributed by atoms with Gasteiger partial charge in [-0.25, -0.2) is 0 Å². The molecule has 0 radical (unpaired) electrons. The molecule has 0 aromatic rings. The Kier molecular flexibility index (Phi) is 35.4. The summed E-state index contributed by atoms with van der Waals surface area (Å²) in [4.78, 5) is 0. The molecule has 0 fully saturated rings. The van der Waals surface area contributed by atoms with Gasteiger partial charge >= 0.3 is 48.4 Å². The van der Waals surface area contributed by atoms with Gasteiger partial charge in [0.05, 0.1) is 0 Å². The van der Waals surface area contributed by atoms with Gasteiger partial charge in [-0.2, -0.15) is 6.42 Å². The Bertz CT molecular complexity index is 19.9. The Balaban J connectivity index is -0.0000000267. The van der Waals surface area contributed by atoms with E-state index in [1.54, 1.807) is 0 Å². The molecule has 0 aliphatic carbocycles. The standard InChI is InChI=1S/C5H11.Li.Na.H/c1-3-5-4-2;;;/h1,3-5H2,2H3;;;/q-1;2*+1;-1. The van der Waals surface area contributed by atoms with E-state index in [1.165, 1.54) is 12.8 Å². The molecular weight excluding hydrogens is 90.0 g/mol. The van der Waals surface area contributed by atoms with Crippen LogP contribution in [0.5, 0.6) is 0 Å². The molecule has 0 unspecified atom stereocenters. The van der Waals surface area contributed by atoms with Crippen LogP contribution in [0.2, 0.25) is 0 Å². The molecule has 0 aliphatic heterocycles. The van der Waals surface area contributed by atoms with Crippen molar-refractivity contribution in [2.75, 3.05) is 0 Å². The number of hydrogen-bond donors (Lipinski definition) is 0. The fraction of sp³-hybridized carbons (Fsp3) is 0.800. The van der Waals surface area contributed by atoms with Crippen LogP contribution in [0.3, 0.4) is 0 Å². The largest absolute Gasteiger partial charge is 1.00 e. The van der Waals surface area contributed by atoms with E-state index in [4.69, 9.17) is 0 Å². The molecule has 0 N–H and O–H groups in total. The van der Waals surface area contributed by atoms with Crippen LogP contribution in [0, 0.1) is 6.92 Å². The van der Waals surface area contributed by atoms with Crippen LogP contribution in [0.15, 0.2) is 0 Å². The predicted molar refractivity (Wildman–Crippen MR) is 26.0 cm³/mol. The minimum atomic E-state index is 0. The minimum absolute atomic E-state index is 0. The van der Waals surface area contributed by atoms with Crippen LogP contribution >= 0.6 is 0 Å². The van der Waals surface area contributed by atoms with Gasteiger partial charge in [-0.3, -0.25) is 0 Å². The topological polar surface area (TPSA) is 0 Å². The smallest absolute Gasteiger partial charge is 1.00 e. The first kappa shape index (κ1) is 15.8. The zero-order valence-electron chi connectivity index (χ0n) is 6.83. The van der Waals surface area contributed by atoms with Gasteiger partial charge < -0.3 is 8.35 Å². The summed E-state index contributed by atoms with van der Waals surface area (Å²) in [5.41, 5.74) is 0. The van der Waals surface area contributed by atoms with Crippen LogP contribution in [0.1, 0.15) is 27.6 Å². The van der Waals surface area contributed by atoms with Crippen molar-refractivity contribution in [2.45, 2.75) is 26.2 Å². The van der Waals surface area contributed by atoms with Gasteiger partial charge in [-0.1, -0.05) is 19.8 Å². The average Bonchev–Trinajstić information content (AvgIpc) is 1.41. The molecule has 0 rings (SSSR count). The monoisotopic (exact) mass is 102 g/mol. The van der Waals surface area contributed by atoms with Gasteiger partial charge in [0.2, 0.25) is 0 Å². The van der Waals surface area contributed by atoms with E-state index in [1.807, 2.05) is 0 Å². The van der Waals surface area contributed by atoms with E-state index >= 15 is 0 Å². The molecule has 0 aliphatic rings. The third-order valence-corrected chi connectivity index (χ3v) is 0.604. The van der Waals surface area contributed by atoms with E-state index in [0.29, 0.717) is 0 Å². The molecule has 0 aromatic heterocycles. The molecule has 7 heavy (non-hydrogen) atoms. The first-order valence-electron chi connectivity index (χ1n) is 2.21. The van der Waals surface area contributed by atoms with Crippen molar-refractivity contribution < 1.29 is 49.8 Å². The molecule has 0 saturated carbocycles. The molecule has 2 heteroatoms. The molecule has 0 bridgehead atoms. The van der Waals surface area contributed by atoms with Gasteiger partial charge in [0.15, 0.2) is 0 Å². The second-order valence-electron chi connectivity index (χ2n) is 1.21. The Morgan fingerprint density at radius 3 is 2.00 bits per heavy atom. The maximum absolute atomic E-state index is 3.68. The van der Waals surface area contributed by atoms with Crippen molar-refractivity contribution in [2.24, 2.45) is 0 Å². The van der Waals surface area contributed by atoms with Crippen molar-refractivity contribution in [3.63, 3.8) is 0 Å². The normalized spacial score (nSPS) is 6.00. The maximum Gasteiger partial charge on any atom is 1.00 e. The molecule has 0 atom stereocenters. The summed E-state index contributed by atoms with van der Waals surface area (Å²) in [5.74, 6) is 0. The first-order chi connectivity index (χ1) is 2.41. The van der Waals surface area contributed by atoms with Crippen LogP contribution in [-0.4, -0.2) is 0 Å². The quantitative estimate of drug-likeness (QED) is 0.247. The van der Waals surface area contributed by atoms with Gasteiger partial charge in [0.1, 0.15) is 0 Å². The molecule has 0 aromatic carbocycles. The van der Waals surface area contributed by atoms with Crippen LogP contribution in [-0.2, 0) is 0 Å². The van der Waals surface area contributed by atoms with Gasteiger partial charge in [0.25, 0.3) is 0 Å². The summed E-state index contributed by atoms with van der Waals surface area (Å²) in [6, 6.07) is 0. The molecule has 0 amide bonds. The van der Waals surface area contributed by atoms with E-state index in [0.717, 1.165) is 6.42 Å². The maximum atomic E-state index is 3.68. The van der Waals surface area contributed by atoms with Crippen molar-refractivity contribution in [3.05, 3.63) is 6.92 Å². The van der Waals surface area contributed by atoms with Gasteiger partial charge in [0, 0.05) is 0 Å². The summed E-state index contributed by atoms with van der Waals surface area (Å²) < 4.78 is 0. The Morgan fingerprint density at radius 1 is 1.57 bits per heavy atom. The van der Waals surface area contributed by atoms with E-state index in [2.05, 4.69) is 13.8 Å². The Labute approximate surface area is 82.4 Å². The van der Waals surface area contributed by atoms with Crippen molar-refractivity contribution in [3.8, 4) is 0 Å². The second-order valence-corrected chi connectivity index (χ2v) is 1.21. The fourth-order valence-electron chi connectivity index (χ4n) is 0.250. The molecule has 0 nitrogen and oxygen atoms in total.